The normalized spacial score (nSPS) is 23.9. The lowest BCUT2D eigenvalue weighted by atomic mass is 9.87. The first-order chi connectivity index (χ1) is 8.56. The van der Waals surface area contributed by atoms with Gasteiger partial charge in [0.15, 0.2) is 0 Å². The molecule has 0 bridgehead atoms. The minimum Gasteiger partial charge on any atom is -0.361 e. The van der Waals surface area contributed by atoms with E-state index in [1.807, 2.05) is 13.8 Å². The molecule has 0 unspecified atom stereocenters. The fraction of sp³-hybridized carbons (Fsp3) is 0.714. The topological polar surface area (TPSA) is 55.1 Å². The number of rotatable bonds is 3. The van der Waals surface area contributed by atoms with Gasteiger partial charge in [-0.15, -0.1) is 0 Å². The van der Waals surface area contributed by atoms with E-state index in [1.54, 1.807) is 0 Å². The van der Waals surface area contributed by atoms with Gasteiger partial charge < -0.3 is 9.84 Å². The van der Waals surface area contributed by atoms with E-state index in [0.717, 1.165) is 35.8 Å². The molecule has 0 aliphatic heterocycles. The summed E-state index contributed by atoms with van der Waals surface area (Å²) in [4.78, 5) is 12.0. The summed E-state index contributed by atoms with van der Waals surface area (Å²) in [6.07, 6.45) is 5.03. The van der Waals surface area contributed by atoms with Crippen molar-refractivity contribution in [2.75, 3.05) is 0 Å². The van der Waals surface area contributed by atoms with Crippen LogP contribution in [0.15, 0.2) is 4.52 Å². The Hall–Kier alpha value is -1.32. The predicted octanol–water partition coefficient (Wildman–Crippen LogP) is 2.53. The highest BCUT2D eigenvalue weighted by Crippen LogP contribution is 2.23. The first-order valence-electron chi connectivity index (χ1n) is 6.77. The maximum absolute atomic E-state index is 12.0. The van der Waals surface area contributed by atoms with Crippen molar-refractivity contribution in [2.45, 2.75) is 58.9 Å². The van der Waals surface area contributed by atoms with Crippen LogP contribution in [0.2, 0.25) is 0 Å². The average Bonchev–Trinajstić information content (AvgIpc) is 2.64. The van der Waals surface area contributed by atoms with Gasteiger partial charge in [0.25, 0.3) is 0 Å². The molecule has 18 heavy (non-hydrogen) atoms. The van der Waals surface area contributed by atoms with Crippen molar-refractivity contribution >= 4 is 5.91 Å². The Morgan fingerprint density at radius 1 is 1.33 bits per heavy atom. The summed E-state index contributed by atoms with van der Waals surface area (Å²) in [5, 5.41) is 6.99. The quantitative estimate of drug-likeness (QED) is 0.896. The zero-order valence-corrected chi connectivity index (χ0v) is 11.5. The Bertz CT molecular complexity index is 398. The van der Waals surface area contributed by atoms with Crippen LogP contribution in [-0.2, 0) is 11.2 Å². The van der Waals surface area contributed by atoms with E-state index in [0.29, 0.717) is 12.5 Å². The van der Waals surface area contributed by atoms with Crippen LogP contribution >= 0.6 is 0 Å². The molecule has 0 aromatic carbocycles. The van der Waals surface area contributed by atoms with Gasteiger partial charge in [-0.1, -0.05) is 12.1 Å². The third kappa shape index (κ3) is 3.12. The second kappa shape index (κ2) is 5.55. The Balaban J connectivity index is 1.86. The minimum atomic E-state index is 0.0870. The molecule has 0 spiro atoms. The van der Waals surface area contributed by atoms with Crippen molar-refractivity contribution in [3.05, 3.63) is 17.0 Å². The number of nitrogens with zero attached hydrogens (tertiary/aromatic N) is 1. The molecule has 4 nitrogen and oxygen atoms in total. The smallest absolute Gasteiger partial charge is 0.224 e. The third-order valence-corrected chi connectivity index (χ3v) is 3.90. The molecule has 0 saturated heterocycles. The standard InChI is InChI=1S/C14H22N2O2/c1-9-4-6-12(7-5-9)15-14(17)8-13-10(2)16-18-11(13)3/h9,12H,4-8H2,1-3H3,(H,15,17). The van der Waals surface area contributed by atoms with Gasteiger partial charge in [0, 0.05) is 11.6 Å². The number of aromatic nitrogens is 1. The zero-order chi connectivity index (χ0) is 13.1. The van der Waals surface area contributed by atoms with Crippen LogP contribution in [-0.4, -0.2) is 17.1 Å². The van der Waals surface area contributed by atoms with Crippen LogP contribution in [0.4, 0.5) is 0 Å². The van der Waals surface area contributed by atoms with Gasteiger partial charge in [0.05, 0.1) is 12.1 Å². The first kappa shape index (κ1) is 13.1. The maximum Gasteiger partial charge on any atom is 0.224 e. The van der Waals surface area contributed by atoms with Crippen LogP contribution in [0.1, 0.15) is 49.6 Å². The van der Waals surface area contributed by atoms with Crippen molar-refractivity contribution in [1.82, 2.24) is 10.5 Å². The lowest BCUT2D eigenvalue weighted by Crippen LogP contribution is -2.38. The fourth-order valence-electron chi connectivity index (χ4n) is 2.60. The summed E-state index contributed by atoms with van der Waals surface area (Å²) in [6, 6.07) is 0.356. The Morgan fingerprint density at radius 3 is 2.56 bits per heavy atom. The number of aryl methyl sites for hydroxylation is 2. The number of nitrogens with one attached hydrogen (secondary N) is 1. The van der Waals surface area contributed by atoms with Gasteiger partial charge in [0.1, 0.15) is 5.76 Å². The maximum atomic E-state index is 12.0. The molecule has 1 N–H and O–H groups in total. The highest BCUT2D eigenvalue weighted by Gasteiger charge is 2.21. The van der Waals surface area contributed by atoms with Gasteiger partial charge in [-0.05, 0) is 45.4 Å². The highest BCUT2D eigenvalue weighted by molar-refractivity contribution is 5.79. The van der Waals surface area contributed by atoms with Gasteiger partial charge in [-0.2, -0.15) is 0 Å². The molecule has 100 valence electrons. The highest BCUT2D eigenvalue weighted by atomic mass is 16.5. The number of amides is 1. The van der Waals surface area contributed by atoms with Crippen LogP contribution in [0.5, 0.6) is 0 Å². The predicted molar refractivity (Wildman–Crippen MR) is 69.2 cm³/mol. The number of hydrogen-bond acceptors (Lipinski definition) is 3. The molecular formula is C14H22N2O2. The Kier molecular flexibility index (Phi) is 4.04. The minimum absolute atomic E-state index is 0.0870. The van der Waals surface area contributed by atoms with Crippen LogP contribution in [0.25, 0.3) is 0 Å². The molecule has 1 aliphatic carbocycles. The van der Waals surface area contributed by atoms with E-state index in [9.17, 15) is 4.79 Å². The van der Waals surface area contributed by atoms with Gasteiger partial charge in [0.2, 0.25) is 5.91 Å². The molecular weight excluding hydrogens is 228 g/mol. The summed E-state index contributed by atoms with van der Waals surface area (Å²) >= 11 is 0. The fourth-order valence-corrected chi connectivity index (χ4v) is 2.60. The second-order valence-electron chi connectivity index (χ2n) is 5.50. The Morgan fingerprint density at radius 2 is 2.00 bits per heavy atom. The SMILES string of the molecule is Cc1noc(C)c1CC(=O)NC1CCC(C)CC1. The molecule has 1 amide bonds. The van der Waals surface area contributed by atoms with Gasteiger partial charge in [-0.3, -0.25) is 4.79 Å². The lowest BCUT2D eigenvalue weighted by molar-refractivity contribution is -0.121. The van der Waals surface area contributed by atoms with E-state index < -0.39 is 0 Å². The molecule has 0 atom stereocenters. The third-order valence-electron chi connectivity index (χ3n) is 3.90. The van der Waals surface area contributed by atoms with Crippen LogP contribution in [0.3, 0.4) is 0 Å². The molecule has 4 heteroatoms. The molecule has 1 fully saturated rings. The Labute approximate surface area is 108 Å². The average molecular weight is 250 g/mol. The summed E-state index contributed by atoms with van der Waals surface area (Å²) in [7, 11) is 0. The summed E-state index contributed by atoms with van der Waals surface area (Å²) in [5.74, 6) is 1.64. The summed E-state index contributed by atoms with van der Waals surface area (Å²) in [5.41, 5.74) is 1.75. The van der Waals surface area contributed by atoms with E-state index in [1.165, 1.54) is 12.8 Å². The largest absolute Gasteiger partial charge is 0.361 e. The van der Waals surface area contributed by atoms with Crippen molar-refractivity contribution in [2.24, 2.45) is 5.92 Å². The number of carbonyl (C=O) groups excluding carboxylic acids is 1. The molecule has 1 aliphatic rings. The molecule has 1 aromatic heterocycles. The van der Waals surface area contributed by atoms with Gasteiger partial charge >= 0.3 is 0 Å². The molecule has 2 rings (SSSR count). The van der Waals surface area contributed by atoms with Crippen molar-refractivity contribution in [3.8, 4) is 0 Å². The van der Waals surface area contributed by atoms with E-state index in [4.69, 9.17) is 4.52 Å². The zero-order valence-electron chi connectivity index (χ0n) is 11.5. The van der Waals surface area contributed by atoms with Crippen LogP contribution in [0, 0.1) is 19.8 Å². The van der Waals surface area contributed by atoms with E-state index in [2.05, 4.69) is 17.4 Å². The molecule has 1 saturated carbocycles. The summed E-state index contributed by atoms with van der Waals surface area (Å²) < 4.78 is 5.07. The molecule has 1 heterocycles. The summed E-state index contributed by atoms with van der Waals surface area (Å²) in [6.45, 7) is 6.01. The van der Waals surface area contributed by atoms with Gasteiger partial charge in [-0.25, -0.2) is 0 Å². The van der Waals surface area contributed by atoms with Crippen molar-refractivity contribution in [1.29, 1.82) is 0 Å². The number of hydrogen-bond donors (Lipinski definition) is 1. The molecule has 0 radical (unpaired) electrons. The van der Waals surface area contributed by atoms with Crippen LogP contribution < -0.4 is 5.32 Å². The lowest BCUT2D eigenvalue weighted by Gasteiger charge is -2.26. The van der Waals surface area contributed by atoms with E-state index in [-0.39, 0.29) is 5.91 Å². The number of carbonyl (C=O) groups is 1. The second-order valence-corrected chi connectivity index (χ2v) is 5.50. The first-order valence-corrected chi connectivity index (χ1v) is 6.77. The molecule has 1 aromatic rings. The van der Waals surface area contributed by atoms with Crippen molar-refractivity contribution < 1.29 is 9.32 Å². The van der Waals surface area contributed by atoms with E-state index >= 15 is 0 Å². The monoisotopic (exact) mass is 250 g/mol. The van der Waals surface area contributed by atoms with Crippen molar-refractivity contribution in [3.63, 3.8) is 0 Å².